The fourth-order valence-electron chi connectivity index (χ4n) is 18.3. The van der Waals surface area contributed by atoms with Crippen LogP contribution in [-0.2, 0) is 90.8 Å². The Morgan fingerprint density at radius 3 is 0.508 bits per heavy atom. The molecule has 0 radical (unpaired) electrons. The van der Waals surface area contributed by atoms with Crippen LogP contribution in [0.15, 0.2) is 138 Å². The van der Waals surface area contributed by atoms with Gasteiger partial charge in [-0.2, -0.15) is 0 Å². The first-order valence-electron chi connectivity index (χ1n) is 46.8. The molecule has 6 aliphatic rings. The van der Waals surface area contributed by atoms with Crippen molar-refractivity contribution in [2.45, 2.75) is 232 Å². The van der Waals surface area contributed by atoms with E-state index in [1.165, 1.54) is 52.7 Å². The SMILES string of the molecule is Cc1nc2cccc(N)c2c(=O)n1C1(C)CCC(=O)CC1=O.Cc1nc2cccc(N)c2c(=O)n1[C@@]1(C)CCC(=O)CC1=O.Cc1nc2cccc(N)c2c(=O)n1[C@]1(C)CCC(=O)CC1=O.[2H]C([2H])([2H])C1(n2c(C)nc3cccc(N)c3c2=O)CCC(=O)CC1=O.[2H]C([2H])([2H])[C@@]1(n2c(C)nc3cccc(N)c3c2=O)CCC(=O)CC1=O.[2H]C([2H])([2H])[C@]1(n2c(C)nc3cccc(N)c3c2=O)CCC(=O)CC1=O. The number of anilines is 6. The van der Waals surface area contributed by atoms with Gasteiger partial charge >= 0.3 is 0 Å². The summed E-state index contributed by atoms with van der Waals surface area (Å²) in [6.45, 7) is 6.17. The summed E-state index contributed by atoms with van der Waals surface area (Å²) in [4.78, 5) is 249. The van der Waals surface area contributed by atoms with Crippen molar-refractivity contribution in [1.82, 2.24) is 57.3 Å². The molecule has 6 aromatic heterocycles. The van der Waals surface area contributed by atoms with Gasteiger partial charge in [0, 0.05) is 85.0 Å². The zero-order chi connectivity index (χ0) is 104. The van der Waals surface area contributed by atoms with Gasteiger partial charge in [0.15, 0.2) is 34.7 Å². The number of ketones is 12. The zero-order valence-corrected chi connectivity index (χ0v) is 73.8. The first kappa shape index (κ1) is 82.7. The molecule has 0 amide bonds. The van der Waals surface area contributed by atoms with E-state index in [1.807, 2.05) is 0 Å². The molecular weight excluding hydrogens is 1690 g/mol. The van der Waals surface area contributed by atoms with Crippen molar-refractivity contribution in [2.75, 3.05) is 34.4 Å². The van der Waals surface area contributed by atoms with Crippen LogP contribution in [-0.4, -0.2) is 127 Å². The van der Waals surface area contributed by atoms with E-state index in [2.05, 4.69) is 29.9 Å². The van der Waals surface area contributed by atoms with E-state index in [0.29, 0.717) is 103 Å². The van der Waals surface area contributed by atoms with Crippen molar-refractivity contribution < 1.29 is 69.9 Å². The number of hydrogen-bond donors (Lipinski definition) is 6. The number of carbonyl (C=O) groups is 12. The van der Waals surface area contributed by atoms with Gasteiger partial charge in [0.2, 0.25) is 0 Å². The standard InChI is InChI=1S/6C16H17N3O3/c6*1-9-18-12-5-3-4-11(17)14(12)15(22)19(9)16(2)7-6-10(20)8-13(16)21/h6*3-5H,6-8,17H2,1-2H3/t4*16-;;/m1100../s1/i2D3;;2D3;;2D3;. The molecule has 36 nitrogen and oxygen atoms in total. The minimum Gasteiger partial charge on any atom is -0.398 e. The van der Waals surface area contributed by atoms with E-state index in [-0.39, 0.29) is 196 Å². The molecular formula is C96H102N18O18. The largest absolute Gasteiger partial charge is 0.398 e. The lowest BCUT2D eigenvalue weighted by Gasteiger charge is -2.34. The lowest BCUT2D eigenvalue weighted by Crippen LogP contribution is -2.49. The molecule has 0 aliphatic heterocycles. The summed E-state index contributed by atoms with van der Waals surface area (Å²) in [6, 6.07) is 29.5. The molecule has 0 saturated heterocycles. The topological polar surface area (TPSA) is 570 Å². The lowest BCUT2D eigenvalue weighted by molar-refractivity contribution is -0.138. The van der Waals surface area contributed by atoms with Crippen molar-refractivity contribution in [3.8, 4) is 0 Å². The van der Waals surface area contributed by atoms with Gasteiger partial charge in [-0.15, -0.1) is 0 Å². The highest BCUT2D eigenvalue weighted by Gasteiger charge is 2.48. The Kier molecular flexibility index (Phi) is 22.4. The van der Waals surface area contributed by atoms with Crippen LogP contribution in [0.3, 0.4) is 0 Å². The van der Waals surface area contributed by atoms with E-state index in [9.17, 15) is 86.3 Å². The Bertz CT molecular complexity index is 7130. The third-order valence-electron chi connectivity index (χ3n) is 25.5. The van der Waals surface area contributed by atoms with Crippen LogP contribution in [0.1, 0.15) is 204 Å². The third kappa shape index (κ3) is 16.9. The summed E-state index contributed by atoms with van der Waals surface area (Å²) in [6.07, 6.45) is -1.17. The van der Waals surface area contributed by atoms with Gasteiger partial charge < -0.3 is 34.4 Å². The smallest absolute Gasteiger partial charge is 0.264 e. The monoisotopic (exact) mass is 1800 g/mol. The number of aryl methyl sites for hydroxylation is 6. The molecule has 684 valence electrons. The molecule has 6 fully saturated rings. The molecule has 0 bridgehead atoms. The van der Waals surface area contributed by atoms with Crippen LogP contribution in [0, 0.1) is 41.5 Å². The molecule has 6 heterocycles. The van der Waals surface area contributed by atoms with E-state index in [1.54, 1.807) is 133 Å². The lowest BCUT2D eigenvalue weighted by atomic mass is 9.81. The summed E-state index contributed by atoms with van der Waals surface area (Å²) in [5, 5.41) is 1.17. The molecule has 18 rings (SSSR count). The van der Waals surface area contributed by atoms with Crippen molar-refractivity contribution >= 4 is 169 Å². The Balaban J connectivity index is 0.000000142. The highest BCUT2D eigenvalue weighted by molar-refractivity contribution is 6.10. The maximum atomic E-state index is 13.1. The average Bonchev–Trinajstić information content (AvgIpc) is 0.746. The number of hydrogen-bond acceptors (Lipinski definition) is 30. The molecule has 6 aliphatic carbocycles. The van der Waals surface area contributed by atoms with E-state index in [0.717, 1.165) is 13.7 Å². The van der Waals surface area contributed by atoms with Crippen molar-refractivity contribution in [1.29, 1.82) is 0 Å². The molecule has 132 heavy (non-hydrogen) atoms. The highest BCUT2D eigenvalue weighted by atomic mass is 16.2. The minimum atomic E-state index is -2.81. The van der Waals surface area contributed by atoms with E-state index >= 15 is 0 Å². The highest BCUT2D eigenvalue weighted by Crippen LogP contribution is 2.39. The van der Waals surface area contributed by atoms with Crippen LogP contribution in [0.2, 0.25) is 0 Å². The van der Waals surface area contributed by atoms with Gasteiger partial charge in [-0.05, 0) is 194 Å². The Morgan fingerprint density at radius 1 is 0.235 bits per heavy atom. The molecule has 6 aromatic carbocycles. The van der Waals surface area contributed by atoms with Gasteiger partial charge in [-0.3, -0.25) is 114 Å². The number of nitrogens with two attached hydrogens (primary N) is 6. The van der Waals surface area contributed by atoms with Crippen LogP contribution in [0.4, 0.5) is 34.1 Å². The number of Topliss-reactive ketones (excluding diaryl/α,β-unsaturated/α-hetero) is 12. The van der Waals surface area contributed by atoms with Crippen molar-refractivity contribution in [3.63, 3.8) is 0 Å². The molecule has 0 spiro atoms. The van der Waals surface area contributed by atoms with Gasteiger partial charge in [-0.25, -0.2) is 29.9 Å². The summed E-state index contributed by atoms with van der Waals surface area (Å²) in [5.41, 5.74) is 26.9. The van der Waals surface area contributed by atoms with Crippen LogP contribution >= 0.6 is 0 Å². The summed E-state index contributed by atoms with van der Waals surface area (Å²) >= 11 is 0. The maximum absolute atomic E-state index is 13.1. The summed E-state index contributed by atoms with van der Waals surface area (Å²) < 4.78 is 78.5. The second kappa shape index (κ2) is 35.8. The normalized spacial score (nSPS) is 23.6. The number of aromatic nitrogens is 12. The van der Waals surface area contributed by atoms with E-state index < -0.39 is 107 Å². The molecule has 12 aromatic rings. The zero-order valence-electron chi connectivity index (χ0n) is 82.8. The predicted octanol–water partition coefficient (Wildman–Crippen LogP) is 7.95. The first-order valence-corrected chi connectivity index (χ1v) is 42.3. The second-order valence-electron chi connectivity index (χ2n) is 34.5. The molecule has 6 atom stereocenters. The Hall–Kier alpha value is -15.0. The van der Waals surface area contributed by atoms with Crippen LogP contribution in [0.25, 0.3) is 65.4 Å². The van der Waals surface area contributed by atoms with E-state index in [4.69, 9.17) is 46.7 Å². The van der Waals surface area contributed by atoms with Crippen molar-refractivity contribution in [3.05, 3.63) is 206 Å². The third-order valence-corrected chi connectivity index (χ3v) is 25.5. The van der Waals surface area contributed by atoms with Crippen LogP contribution < -0.4 is 67.8 Å². The molecule has 6 saturated carbocycles. The van der Waals surface area contributed by atoms with Crippen LogP contribution in [0.5, 0.6) is 0 Å². The number of rotatable bonds is 6. The van der Waals surface area contributed by atoms with Gasteiger partial charge in [0.1, 0.15) is 103 Å². The number of benzene rings is 6. The number of fused-ring (bicyclic) bond motifs is 6. The Morgan fingerprint density at radius 2 is 0.371 bits per heavy atom. The van der Waals surface area contributed by atoms with Gasteiger partial charge in [-0.1, -0.05) is 36.4 Å². The summed E-state index contributed by atoms with van der Waals surface area (Å²) in [5.74, 6) is -2.68. The number of carbonyl (C=O) groups excluding carboxylic acids is 12. The fourth-order valence-corrected chi connectivity index (χ4v) is 18.3. The molecule has 2 unspecified atom stereocenters. The average molecular weight is 1810 g/mol. The number of nitrogens with zero attached hydrogens (tertiary/aromatic N) is 12. The maximum Gasteiger partial charge on any atom is 0.264 e. The quantitative estimate of drug-likeness (QED) is 0.0679. The predicted molar refractivity (Wildman–Crippen MR) is 496 cm³/mol. The fraction of sp³-hybridized carbons (Fsp3) is 0.375. The number of nitrogen functional groups attached to an aromatic ring is 6. The van der Waals surface area contributed by atoms with Gasteiger partial charge in [0.05, 0.1) is 104 Å². The minimum absolute atomic E-state index is 0.0708. The summed E-state index contributed by atoms with van der Waals surface area (Å²) in [7, 11) is 0. The second-order valence-corrected chi connectivity index (χ2v) is 34.5. The van der Waals surface area contributed by atoms with Gasteiger partial charge in [0.25, 0.3) is 33.4 Å². The molecule has 36 heteroatoms. The molecule has 12 N–H and O–H groups in total. The van der Waals surface area contributed by atoms with Crippen molar-refractivity contribution in [2.24, 2.45) is 0 Å². The Labute approximate surface area is 765 Å². The first-order chi connectivity index (χ1) is 65.8.